The van der Waals surface area contributed by atoms with Gasteiger partial charge in [0.2, 0.25) is 0 Å². The SMILES string of the molecule is O=C(O)Cn1cc(CN2CCC(NC(=O)c3ccc(-c4cccc(F)c4)nc3)CC2)c2ccccc21. The van der Waals surface area contributed by atoms with E-state index in [4.69, 9.17) is 0 Å². The van der Waals surface area contributed by atoms with Crippen LogP contribution in [0.3, 0.4) is 0 Å². The highest BCUT2D eigenvalue weighted by molar-refractivity contribution is 5.94. The molecule has 0 spiro atoms. The first kappa shape index (κ1) is 23.7. The van der Waals surface area contributed by atoms with Gasteiger partial charge >= 0.3 is 5.97 Å². The number of benzene rings is 2. The van der Waals surface area contributed by atoms with Crippen molar-refractivity contribution in [2.75, 3.05) is 13.1 Å². The van der Waals surface area contributed by atoms with Crippen molar-refractivity contribution in [3.8, 4) is 11.3 Å². The number of para-hydroxylation sites is 1. The van der Waals surface area contributed by atoms with Gasteiger partial charge in [-0.05, 0) is 48.7 Å². The maximum absolute atomic E-state index is 13.5. The number of nitrogens with one attached hydrogen (secondary N) is 1. The zero-order valence-electron chi connectivity index (χ0n) is 19.7. The molecule has 7 nitrogen and oxygen atoms in total. The van der Waals surface area contributed by atoms with E-state index < -0.39 is 5.97 Å². The molecule has 0 unspecified atom stereocenters. The summed E-state index contributed by atoms with van der Waals surface area (Å²) in [5.74, 6) is -1.35. The lowest BCUT2D eigenvalue weighted by molar-refractivity contribution is -0.137. The van der Waals surface area contributed by atoms with Crippen LogP contribution in [0.2, 0.25) is 0 Å². The number of amides is 1. The van der Waals surface area contributed by atoms with Gasteiger partial charge in [-0.15, -0.1) is 0 Å². The number of nitrogens with zero attached hydrogens (tertiary/aromatic N) is 3. The standard InChI is InChI=1S/C28H27FN4O3/c29-22-5-3-4-19(14-22)25-9-8-20(15-30-25)28(36)31-23-10-12-32(13-11-23)16-21-17-33(18-27(34)35)26-7-2-1-6-24(21)26/h1-9,14-15,17,23H,10-13,16,18H2,(H,31,36)(H,34,35). The second kappa shape index (κ2) is 10.3. The van der Waals surface area contributed by atoms with Crippen LogP contribution in [0.25, 0.3) is 22.2 Å². The molecule has 36 heavy (non-hydrogen) atoms. The molecule has 2 aromatic heterocycles. The molecule has 184 valence electrons. The summed E-state index contributed by atoms with van der Waals surface area (Å²) in [6.07, 6.45) is 5.12. The number of fused-ring (bicyclic) bond motifs is 1. The summed E-state index contributed by atoms with van der Waals surface area (Å²) in [6, 6.07) is 17.6. The minimum Gasteiger partial charge on any atom is -0.480 e. The summed E-state index contributed by atoms with van der Waals surface area (Å²) in [5, 5.41) is 13.4. The Labute approximate surface area is 208 Å². The number of halogens is 1. The lowest BCUT2D eigenvalue weighted by Crippen LogP contribution is -2.44. The van der Waals surface area contributed by atoms with Gasteiger partial charge in [0.25, 0.3) is 5.91 Å². The fourth-order valence-electron chi connectivity index (χ4n) is 4.82. The van der Waals surface area contributed by atoms with E-state index in [9.17, 15) is 19.1 Å². The van der Waals surface area contributed by atoms with Crippen LogP contribution in [0, 0.1) is 5.82 Å². The molecule has 1 amide bonds. The number of pyridine rings is 1. The number of likely N-dealkylation sites (tertiary alicyclic amines) is 1. The monoisotopic (exact) mass is 486 g/mol. The van der Waals surface area contributed by atoms with Crippen molar-refractivity contribution >= 4 is 22.8 Å². The average Bonchev–Trinajstić information content (AvgIpc) is 3.21. The van der Waals surface area contributed by atoms with Gasteiger partial charge in [-0.1, -0.05) is 30.3 Å². The second-order valence-corrected chi connectivity index (χ2v) is 9.16. The number of hydrogen-bond donors (Lipinski definition) is 2. The van der Waals surface area contributed by atoms with Crippen molar-refractivity contribution in [1.29, 1.82) is 0 Å². The number of carboxylic acid groups (broad SMARTS) is 1. The van der Waals surface area contributed by atoms with E-state index in [-0.39, 0.29) is 24.3 Å². The molecule has 1 fully saturated rings. The highest BCUT2D eigenvalue weighted by atomic mass is 19.1. The predicted molar refractivity (Wildman–Crippen MR) is 135 cm³/mol. The maximum Gasteiger partial charge on any atom is 0.323 e. The Morgan fingerprint density at radius 2 is 1.86 bits per heavy atom. The van der Waals surface area contributed by atoms with E-state index in [0.29, 0.717) is 16.8 Å². The van der Waals surface area contributed by atoms with Gasteiger partial charge in [-0.3, -0.25) is 19.5 Å². The Morgan fingerprint density at radius 3 is 2.58 bits per heavy atom. The van der Waals surface area contributed by atoms with Gasteiger partial charge in [0.15, 0.2) is 0 Å². The van der Waals surface area contributed by atoms with Crippen LogP contribution < -0.4 is 5.32 Å². The van der Waals surface area contributed by atoms with Gasteiger partial charge in [0, 0.05) is 54.5 Å². The average molecular weight is 487 g/mol. The fraction of sp³-hybridized carbons (Fsp3) is 0.250. The normalized spacial score (nSPS) is 14.7. The highest BCUT2D eigenvalue weighted by Crippen LogP contribution is 2.24. The molecule has 0 bridgehead atoms. The van der Waals surface area contributed by atoms with Gasteiger partial charge in [0.05, 0.1) is 11.3 Å². The van der Waals surface area contributed by atoms with Gasteiger partial charge < -0.3 is 15.0 Å². The predicted octanol–water partition coefficient (Wildman–Crippen LogP) is 4.32. The Kier molecular flexibility index (Phi) is 6.77. The molecule has 0 saturated carbocycles. The third kappa shape index (κ3) is 5.28. The first-order chi connectivity index (χ1) is 17.5. The Morgan fingerprint density at radius 1 is 1.06 bits per heavy atom. The largest absolute Gasteiger partial charge is 0.480 e. The molecule has 0 radical (unpaired) electrons. The van der Waals surface area contributed by atoms with Crippen molar-refractivity contribution in [2.24, 2.45) is 0 Å². The molecule has 3 heterocycles. The summed E-state index contributed by atoms with van der Waals surface area (Å²) >= 11 is 0. The smallest absolute Gasteiger partial charge is 0.323 e. The number of rotatable bonds is 7. The molecule has 2 N–H and O–H groups in total. The molecule has 2 aromatic carbocycles. The molecule has 1 aliphatic rings. The molecule has 1 aliphatic heterocycles. The minimum atomic E-state index is -0.863. The van der Waals surface area contributed by atoms with Crippen molar-refractivity contribution in [3.63, 3.8) is 0 Å². The van der Waals surface area contributed by atoms with E-state index in [1.807, 2.05) is 30.5 Å². The zero-order chi connectivity index (χ0) is 25.1. The zero-order valence-corrected chi connectivity index (χ0v) is 19.7. The van der Waals surface area contributed by atoms with Crippen molar-refractivity contribution in [3.05, 3.63) is 90.0 Å². The van der Waals surface area contributed by atoms with Crippen LogP contribution in [0.1, 0.15) is 28.8 Å². The first-order valence-electron chi connectivity index (χ1n) is 12.0. The summed E-state index contributed by atoms with van der Waals surface area (Å²) < 4.78 is 15.3. The van der Waals surface area contributed by atoms with E-state index in [0.717, 1.165) is 48.9 Å². The number of hydrogen-bond acceptors (Lipinski definition) is 4. The third-order valence-electron chi connectivity index (χ3n) is 6.64. The molecular weight excluding hydrogens is 459 g/mol. The molecule has 5 rings (SSSR count). The molecule has 4 aromatic rings. The lowest BCUT2D eigenvalue weighted by Gasteiger charge is -2.32. The van der Waals surface area contributed by atoms with Crippen LogP contribution in [0.4, 0.5) is 4.39 Å². The number of aliphatic carboxylic acids is 1. The summed E-state index contributed by atoms with van der Waals surface area (Å²) in [7, 11) is 0. The quantitative estimate of drug-likeness (QED) is 0.406. The Balaban J connectivity index is 1.17. The molecule has 1 saturated heterocycles. The minimum absolute atomic E-state index is 0.0628. The third-order valence-corrected chi connectivity index (χ3v) is 6.64. The van der Waals surface area contributed by atoms with E-state index in [2.05, 4.69) is 15.2 Å². The molecule has 0 aliphatic carbocycles. The van der Waals surface area contributed by atoms with Gasteiger partial charge in [-0.25, -0.2) is 4.39 Å². The lowest BCUT2D eigenvalue weighted by atomic mass is 10.0. The van der Waals surface area contributed by atoms with Crippen LogP contribution in [0.15, 0.2) is 73.1 Å². The van der Waals surface area contributed by atoms with E-state index in [1.54, 1.807) is 28.8 Å². The van der Waals surface area contributed by atoms with Gasteiger partial charge in [0.1, 0.15) is 12.4 Å². The van der Waals surface area contributed by atoms with Crippen molar-refractivity contribution in [1.82, 2.24) is 19.8 Å². The Bertz CT molecular complexity index is 1390. The van der Waals surface area contributed by atoms with Crippen LogP contribution in [-0.2, 0) is 17.9 Å². The molecular formula is C28H27FN4O3. The first-order valence-corrected chi connectivity index (χ1v) is 12.0. The van der Waals surface area contributed by atoms with Gasteiger partial charge in [-0.2, -0.15) is 0 Å². The van der Waals surface area contributed by atoms with Crippen LogP contribution in [0.5, 0.6) is 0 Å². The summed E-state index contributed by atoms with van der Waals surface area (Å²) in [5.41, 5.74) is 3.79. The van der Waals surface area contributed by atoms with Crippen molar-refractivity contribution < 1.29 is 19.1 Å². The number of aromatic nitrogens is 2. The Hall–Kier alpha value is -4.04. The number of carbonyl (C=O) groups excluding carboxylic acids is 1. The summed E-state index contributed by atoms with van der Waals surface area (Å²) in [6.45, 7) is 2.34. The fourth-order valence-corrected chi connectivity index (χ4v) is 4.82. The maximum atomic E-state index is 13.5. The van der Waals surface area contributed by atoms with E-state index >= 15 is 0 Å². The van der Waals surface area contributed by atoms with Crippen molar-refractivity contribution in [2.45, 2.75) is 32.0 Å². The van der Waals surface area contributed by atoms with E-state index in [1.165, 1.54) is 18.3 Å². The number of carbonyl (C=O) groups is 2. The van der Waals surface area contributed by atoms with Crippen LogP contribution in [-0.4, -0.2) is 50.6 Å². The summed E-state index contributed by atoms with van der Waals surface area (Å²) in [4.78, 5) is 30.7. The highest BCUT2D eigenvalue weighted by Gasteiger charge is 2.22. The molecule has 0 atom stereocenters. The number of piperidine rings is 1. The van der Waals surface area contributed by atoms with Crippen LogP contribution >= 0.6 is 0 Å². The number of carboxylic acids is 1. The second-order valence-electron chi connectivity index (χ2n) is 9.16. The topological polar surface area (TPSA) is 87.5 Å². The molecule has 8 heteroatoms.